The first-order chi connectivity index (χ1) is 11.2. The molecule has 0 bridgehead atoms. The number of ketones is 1. The third-order valence-corrected chi connectivity index (χ3v) is 5.43. The number of hydrogen-bond acceptors (Lipinski definition) is 4. The standard InChI is InChI=1S/C17H14ClN3OS/c18-13-4-3-11-6-16(20-15(11)7-13)17(22)12-9-21(23-10-12)14-2-1-5-19-8-14/h1-8,12,20H,9-10H2. The minimum absolute atomic E-state index is 0.0243. The van der Waals surface area contributed by atoms with Crippen molar-refractivity contribution in [3.05, 3.63) is 59.5 Å². The molecule has 3 heterocycles. The molecule has 116 valence electrons. The van der Waals surface area contributed by atoms with Gasteiger partial charge in [-0.15, -0.1) is 0 Å². The fourth-order valence-electron chi connectivity index (χ4n) is 2.78. The molecule has 1 atom stereocenters. The molecule has 0 radical (unpaired) electrons. The number of benzene rings is 1. The van der Waals surface area contributed by atoms with Crippen LogP contribution >= 0.6 is 23.5 Å². The molecular weight excluding hydrogens is 330 g/mol. The van der Waals surface area contributed by atoms with Crippen LogP contribution in [0.3, 0.4) is 0 Å². The highest BCUT2D eigenvalue weighted by Gasteiger charge is 2.31. The Morgan fingerprint density at radius 2 is 2.26 bits per heavy atom. The van der Waals surface area contributed by atoms with Gasteiger partial charge in [-0.1, -0.05) is 17.7 Å². The zero-order valence-electron chi connectivity index (χ0n) is 12.2. The van der Waals surface area contributed by atoms with Crippen LogP contribution < -0.4 is 4.31 Å². The average Bonchev–Trinajstić information content (AvgIpc) is 3.21. The summed E-state index contributed by atoms with van der Waals surface area (Å²) in [4.78, 5) is 20.1. The molecule has 1 aromatic carbocycles. The van der Waals surface area contributed by atoms with E-state index in [4.69, 9.17) is 11.6 Å². The van der Waals surface area contributed by atoms with Crippen molar-refractivity contribution in [2.45, 2.75) is 0 Å². The number of nitrogens with zero attached hydrogens (tertiary/aromatic N) is 2. The number of pyridine rings is 1. The van der Waals surface area contributed by atoms with E-state index in [9.17, 15) is 4.79 Å². The molecule has 1 N–H and O–H groups in total. The van der Waals surface area contributed by atoms with Crippen molar-refractivity contribution < 1.29 is 4.79 Å². The maximum absolute atomic E-state index is 12.8. The largest absolute Gasteiger partial charge is 0.352 e. The van der Waals surface area contributed by atoms with E-state index in [1.165, 1.54) is 0 Å². The average molecular weight is 344 g/mol. The molecule has 0 amide bonds. The Labute approximate surface area is 143 Å². The number of fused-ring (bicyclic) bond motifs is 1. The second-order valence-corrected chi connectivity index (χ2v) is 7.01. The summed E-state index contributed by atoms with van der Waals surface area (Å²) >= 11 is 7.67. The monoisotopic (exact) mass is 343 g/mol. The van der Waals surface area contributed by atoms with Gasteiger partial charge in [-0.2, -0.15) is 0 Å². The molecule has 3 aromatic rings. The molecule has 0 spiro atoms. The van der Waals surface area contributed by atoms with E-state index in [0.717, 1.165) is 22.3 Å². The first-order valence-electron chi connectivity index (χ1n) is 7.34. The smallest absolute Gasteiger partial charge is 0.184 e. The summed E-state index contributed by atoms with van der Waals surface area (Å²) < 4.78 is 2.13. The van der Waals surface area contributed by atoms with Crippen LogP contribution in [0.1, 0.15) is 10.5 Å². The summed E-state index contributed by atoms with van der Waals surface area (Å²) in [6.45, 7) is 0.700. The number of rotatable bonds is 3. The topological polar surface area (TPSA) is 49.0 Å². The Bertz CT molecular complexity index is 865. The number of carbonyl (C=O) groups is 1. The van der Waals surface area contributed by atoms with Gasteiger partial charge in [-0.05, 0) is 42.3 Å². The number of nitrogens with one attached hydrogen (secondary N) is 1. The van der Waals surface area contributed by atoms with E-state index < -0.39 is 0 Å². The molecule has 1 aliphatic rings. The normalized spacial score (nSPS) is 17.8. The van der Waals surface area contributed by atoms with Crippen LogP contribution in [0.15, 0.2) is 48.8 Å². The van der Waals surface area contributed by atoms with Crippen LogP contribution in [0.2, 0.25) is 5.02 Å². The molecule has 1 fully saturated rings. The molecule has 0 saturated carbocycles. The summed E-state index contributed by atoms with van der Waals surface area (Å²) in [7, 11) is 0. The van der Waals surface area contributed by atoms with Gasteiger partial charge < -0.3 is 9.29 Å². The molecule has 4 nitrogen and oxygen atoms in total. The Hall–Kier alpha value is -1.98. The number of aromatic amines is 1. The highest BCUT2D eigenvalue weighted by Crippen LogP contribution is 2.33. The van der Waals surface area contributed by atoms with Gasteiger partial charge in [-0.25, -0.2) is 0 Å². The van der Waals surface area contributed by atoms with E-state index in [1.54, 1.807) is 18.1 Å². The molecule has 6 heteroatoms. The Morgan fingerprint density at radius 1 is 1.35 bits per heavy atom. The lowest BCUT2D eigenvalue weighted by atomic mass is 10.0. The van der Waals surface area contributed by atoms with Crippen LogP contribution in [-0.4, -0.2) is 28.0 Å². The minimum Gasteiger partial charge on any atom is -0.352 e. The zero-order valence-corrected chi connectivity index (χ0v) is 13.8. The number of Topliss-reactive ketones (excluding diaryl/α,β-unsaturated/α-hetero) is 1. The molecule has 1 unspecified atom stereocenters. The van der Waals surface area contributed by atoms with Crippen molar-refractivity contribution in [3.8, 4) is 0 Å². The van der Waals surface area contributed by atoms with Gasteiger partial charge in [0.2, 0.25) is 0 Å². The minimum atomic E-state index is -0.0243. The molecule has 0 aliphatic carbocycles. The van der Waals surface area contributed by atoms with E-state index >= 15 is 0 Å². The van der Waals surface area contributed by atoms with E-state index in [-0.39, 0.29) is 11.7 Å². The van der Waals surface area contributed by atoms with Gasteiger partial charge in [0.1, 0.15) is 0 Å². The second kappa shape index (κ2) is 5.91. The van der Waals surface area contributed by atoms with Crippen LogP contribution in [0.4, 0.5) is 5.69 Å². The quantitative estimate of drug-likeness (QED) is 0.572. The highest BCUT2D eigenvalue weighted by molar-refractivity contribution is 8.00. The predicted molar refractivity (Wildman–Crippen MR) is 95.2 cm³/mol. The second-order valence-electron chi connectivity index (χ2n) is 5.54. The predicted octanol–water partition coefficient (Wildman–Crippen LogP) is 4.18. The third-order valence-electron chi connectivity index (χ3n) is 3.97. The molecule has 1 aliphatic heterocycles. The molecule has 2 aromatic heterocycles. The van der Waals surface area contributed by atoms with Gasteiger partial charge in [0, 0.05) is 34.4 Å². The number of anilines is 1. The van der Waals surface area contributed by atoms with E-state index in [2.05, 4.69) is 14.3 Å². The maximum atomic E-state index is 12.8. The highest BCUT2D eigenvalue weighted by atomic mass is 35.5. The number of halogens is 1. The zero-order chi connectivity index (χ0) is 15.8. The van der Waals surface area contributed by atoms with E-state index in [0.29, 0.717) is 17.3 Å². The van der Waals surface area contributed by atoms with Gasteiger partial charge in [0.05, 0.1) is 23.5 Å². The first kappa shape index (κ1) is 14.6. The lowest BCUT2D eigenvalue weighted by Gasteiger charge is -2.15. The summed E-state index contributed by atoms with van der Waals surface area (Å²) in [5.74, 6) is 0.907. The fraction of sp³-hybridized carbons (Fsp3) is 0.176. The van der Waals surface area contributed by atoms with E-state index in [1.807, 2.05) is 42.6 Å². The number of hydrogen-bond donors (Lipinski definition) is 1. The van der Waals surface area contributed by atoms with Gasteiger partial charge >= 0.3 is 0 Å². The third kappa shape index (κ3) is 2.82. The molecule has 4 rings (SSSR count). The van der Waals surface area contributed by atoms with Gasteiger partial charge in [0.25, 0.3) is 0 Å². The van der Waals surface area contributed by atoms with Crippen molar-refractivity contribution in [2.24, 2.45) is 5.92 Å². The van der Waals surface area contributed by atoms with Crippen molar-refractivity contribution in [1.82, 2.24) is 9.97 Å². The van der Waals surface area contributed by atoms with Crippen LogP contribution in [0.5, 0.6) is 0 Å². The fourth-order valence-corrected chi connectivity index (χ4v) is 4.11. The lowest BCUT2D eigenvalue weighted by molar-refractivity contribution is 0.0936. The summed E-state index contributed by atoms with van der Waals surface area (Å²) in [5, 5.41) is 1.67. The van der Waals surface area contributed by atoms with Crippen molar-refractivity contribution in [2.75, 3.05) is 16.6 Å². The molecule has 23 heavy (non-hydrogen) atoms. The van der Waals surface area contributed by atoms with Crippen molar-refractivity contribution in [3.63, 3.8) is 0 Å². The number of aromatic nitrogens is 2. The first-order valence-corrected chi connectivity index (χ1v) is 8.66. The van der Waals surface area contributed by atoms with Gasteiger partial charge in [0.15, 0.2) is 5.78 Å². The van der Waals surface area contributed by atoms with Crippen LogP contribution in [-0.2, 0) is 0 Å². The Morgan fingerprint density at radius 3 is 3.09 bits per heavy atom. The SMILES string of the molecule is O=C(c1cc2ccc(Cl)cc2[nH]1)C1CSN(c2cccnc2)C1. The maximum Gasteiger partial charge on any atom is 0.184 e. The van der Waals surface area contributed by atoms with Crippen molar-refractivity contribution >= 4 is 45.9 Å². The van der Waals surface area contributed by atoms with Crippen LogP contribution in [0, 0.1) is 5.92 Å². The van der Waals surface area contributed by atoms with Crippen LogP contribution in [0.25, 0.3) is 10.9 Å². The van der Waals surface area contributed by atoms with Crippen molar-refractivity contribution in [1.29, 1.82) is 0 Å². The molecular formula is C17H14ClN3OS. The lowest BCUT2D eigenvalue weighted by Crippen LogP contribution is -2.22. The molecule has 1 saturated heterocycles. The van der Waals surface area contributed by atoms with Gasteiger partial charge in [-0.3, -0.25) is 9.78 Å². The summed E-state index contributed by atoms with van der Waals surface area (Å²) in [6.07, 6.45) is 3.58. The number of H-pyrrole nitrogens is 1. The summed E-state index contributed by atoms with van der Waals surface area (Å²) in [5.41, 5.74) is 2.59. The summed E-state index contributed by atoms with van der Waals surface area (Å²) in [6, 6.07) is 11.4. The Balaban J connectivity index is 1.55. The number of carbonyl (C=O) groups excluding carboxylic acids is 1. The Kier molecular flexibility index (Phi) is 3.75.